The summed E-state index contributed by atoms with van der Waals surface area (Å²) in [6, 6.07) is -0.00968. The first kappa shape index (κ1) is 11.3. The largest absolute Gasteiger partial charge is 0.394 e. The Kier molecular flexibility index (Phi) is 5.51. The van der Waals surface area contributed by atoms with Gasteiger partial charge < -0.3 is 10.0 Å². The number of aliphatic imine (C=N–C) groups is 1. The predicted octanol–water partition coefficient (Wildman–Crippen LogP) is 0.499. The molecular formula is C7H13N3OS. The second-order valence-corrected chi connectivity index (χ2v) is 3.11. The zero-order chi connectivity index (χ0) is 9.56. The number of aliphatic hydroxyl groups excluding tert-OH is 1. The van der Waals surface area contributed by atoms with Crippen LogP contribution >= 0.6 is 11.8 Å². The molecule has 0 heterocycles. The molecule has 0 fully saturated rings. The Morgan fingerprint density at radius 3 is 2.75 bits per heavy atom. The van der Waals surface area contributed by atoms with Crippen molar-refractivity contribution in [3.63, 3.8) is 0 Å². The minimum atomic E-state index is -0.00968. The first-order chi connectivity index (χ1) is 5.67. The molecule has 0 aromatic carbocycles. The molecule has 0 aliphatic heterocycles. The molecule has 0 saturated heterocycles. The fraction of sp³-hybridized carbons (Fsp3) is 0.714. The smallest absolute Gasteiger partial charge is 0.208 e. The van der Waals surface area contributed by atoms with Gasteiger partial charge in [0.2, 0.25) is 6.19 Å². The third-order valence-corrected chi connectivity index (χ3v) is 2.30. The van der Waals surface area contributed by atoms with E-state index in [1.54, 1.807) is 18.1 Å². The van der Waals surface area contributed by atoms with Crippen LogP contribution in [0.4, 0.5) is 0 Å². The predicted molar refractivity (Wildman–Crippen MR) is 50.9 cm³/mol. The molecule has 68 valence electrons. The molecule has 1 unspecified atom stereocenters. The van der Waals surface area contributed by atoms with E-state index in [1.165, 1.54) is 11.8 Å². The summed E-state index contributed by atoms with van der Waals surface area (Å²) in [6.45, 7) is 1.92. The minimum Gasteiger partial charge on any atom is -0.394 e. The Bertz CT molecular complexity index is 199. The molecule has 0 aliphatic carbocycles. The van der Waals surface area contributed by atoms with Gasteiger partial charge in [0.1, 0.15) is 0 Å². The monoisotopic (exact) mass is 187 g/mol. The Hall–Kier alpha value is -0.730. The van der Waals surface area contributed by atoms with E-state index in [-0.39, 0.29) is 12.6 Å². The fourth-order valence-corrected chi connectivity index (χ4v) is 1.22. The van der Waals surface area contributed by atoms with Crippen molar-refractivity contribution in [1.29, 1.82) is 5.26 Å². The summed E-state index contributed by atoms with van der Waals surface area (Å²) in [7, 11) is 1.80. The van der Waals surface area contributed by atoms with Gasteiger partial charge in [-0.15, -0.1) is 4.99 Å². The van der Waals surface area contributed by atoms with Gasteiger partial charge >= 0.3 is 0 Å². The van der Waals surface area contributed by atoms with Gasteiger partial charge in [-0.2, -0.15) is 5.26 Å². The lowest BCUT2D eigenvalue weighted by molar-refractivity contribution is 0.210. The van der Waals surface area contributed by atoms with E-state index in [2.05, 4.69) is 4.99 Å². The Labute approximate surface area is 76.9 Å². The lowest BCUT2D eigenvalue weighted by Crippen LogP contribution is -2.35. The van der Waals surface area contributed by atoms with Crippen LogP contribution in [0.25, 0.3) is 0 Å². The molecule has 0 amide bonds. The number of amidine groups is 1. The molecule has 5 heteroatoms. The normalized spacial score (nSPS) is 13.8. The molecular weight excluding hydrogens is 174 g/mol. The first-order valence-corrected chi connectivity index (χ1v) is 4.74. The van der Waals surface area contributed by atoms with Gasteiger partial charge in [0.25, 0.3) is 0 Å². The van der Waals surface area contributed by atoms with E-state index < -0.39 is 0 Å². The summed E-state index contributed by atoms with van der Waals surface area (Å²) in [5, 5.41) is 17.8. The van der Waals surface area contributed by atoms with Gasteiger partial charge in [-0.05, 0) is 13.2 Å². The van der Waals surface area contributed by atoms with Crippen molar-refractivity contribution < 1.29 is 5.11 Å². The lowest BCUT2D eigenvalue weighted by Gasteiger charge is -2.24. The average Bonchev–Trinajstić information content (AvgIpc) is 2.11. The molecule has 0 aliphatic rings. The number of thioether (sulfide) groups is 1. The molecule has 0 bridgehead atoms. The summed E-state index contributed by atoms with van der Waals surface area (Å²) in [5.74, 6) is 0. The maximum Gasteiger partial charge on any atom is 0.208 e. The lowest BCUT2D eigenvalue weighted by atomic mass is 10.3. The number of nitrogens with zero attached hydrogens (tertiary/aromatic N) is 3. The van der Waals surface area contributed by atoms with Crippen molar-refractivity contribution in [1.82, 2.24) is 4.90 Å². The van der Waals surface area contributed by atoms with Gasteiger partial charge in [-0.3, -0.25) is 0 Å². The van der Waals surface area contributed by atoms with E-state index in [0.717, 1.165) is 0 Å². The van der Waals surface area contributed by atoms with Crippen molar-refractivity contribution in [3.8, 4) is 6.19 Å². The van der Waals surface area contributed by atoms with Crippen molar-refractivity contribution in [2.45, 2.75) is 13.0 Å². The molecule has 0 aromatic heterocycles. The van der Waals surface area contributed by atoms with Crippen LogP contribution in [-0.2, 0) is 0 Å². The second-order valence-electron chi connectivity index (χ2n) is 2.34. The average molecular weight is 187 g/mol. The minimum absolute atomic E-state index is 0.00968. The Balaban J connectivity index is 4.33. The van der Waals surface area contributed by atoms with Crippen LogP contribution in [0.5, 0.6) is 0 Å². The number of nitriles is 1. The van der Waals surface area contributed by atoms with Crippen molar-refractivity contribution in [2.24, 2.45) is 4.99 Å². The SMILES string of the molecule is CSC(=NC#N)N(C)C(C)CO. The van der Waals surface area contributed by atoms with Crippen molar-refractivity contribution in [3.05, 3.63) is 0 Å². The quantitative estimate of drug-likeness (QED) is 0.388. The van der Waals surface area contributed by atoms with Crippen LogP contribution in [0.1, 0.15) is 6.92 Å². The van der Waals surface area contributed by atoms with Crippen LogP contribution < -0.4 is 0 Å². The topological polar surface area (TPSA) is 59.6 Å². The maximum atomic E-state index is 8.83. The van der Waals surface area contributed by atoms with E-state index in [1.807, 2.05) is 13.2 Å². The Morgan fingerprint density at radius 2 is 2.42 bits per heavy atom. The maximum absolute atomic E-state index is 8.83. The zero-order valence-electron chi connectivity index (χ0n) is 7.48. The van der Waals surface area contributed by atoms with E-state index in [9.17, 15) is 0 Å². The van der Waals surface area contributed by atoms with Crippen LogP contribution in [0.3, 0.4) is 0 Å². The summed E-state index contributed by atoms with van der Waals surface area (Å²) in [4.78, 5) is 5.38. The van der Waals surface area contributed by atoms with Gasteiger partial charge in [0.05, 0.1) is 12.6 Å². The van der Waals surface area contributed by atoms with E-state index >= 15 is 0 Å². The number of rotatable bonds is 2. The molecule has 4 nitrogen and oxygen atoms in total. The van der Waals surface area contributed by atoms with Gasteiger partial charge in [0, 0.05) is 7.05 Å². The summed E-state index contributed by atoms with van der Waals surface area (Å²) in [6.07, 6.45) is 3.57. The Morgan fingerprint density at radius 1 is 1.83 bits per heavy atom. The molecule has 1 atom stereocenters. The molecule has 12 heavy (non-hydrogen) atoms. The molecule has 0 saturated carbocycles. The van der Waals surface area contributed by atoms with Gasteiger partial charge in [0.15, 0.2) is 5.17 Å². The zero-order valence-corrected chi connectivity index (χ0v) is 8.30. The number of hydrogen-bond donors (Lipinski definition) is 1. The first-order valence-electron chi connectivity index (χ1n) is 3.51. The highest BCUT2D eigenvalue weighted by Crippen LogP contribution is 2.06. The van der Waals surface area contributed by atoms with Gasteiger partial charge in [-0.1, -0.05) is 11.8 Å². The van der Waals surface area contributed by atoms with Crippen LogP contribution in [-0.4, -0.2) is 41.1 Å². The molecule has 0 spiro atoms. The number of aliphatic hydroxyl groups is 1. The van der Waals surface area contributed by atoms with E-state index in [0.29, 0.717) is 5.17 Å². The number of hydrogen-bond acceptors (Lipinski definition) is 4. The van der Waals surface area contributed by atoms with E-state index in [4.69, 9.17) is 10.4 Å². The summed E-state index contributed by atoms with van der Waals surface area (Å²) in [5.41, 5.74) is 0. The van der Waals surface area contributed by atoms with Crippen LogP contribution in [0.2, 0.25) is 0 Å². The van der Waals surface area contributed by atoms with Gasteiger partial charge in [-0.25, -0.2) is 0 Å². The van der Waals surface area contributed by atoms with Crippen LogP contribution in [0.15, 0.2) is 4.99 Å². The molecule has 1 N–H and O–H groups in total. The second kappa shape index (κ2) is 5.86. The third kappa shape index (κ3) is 3.11. The van der Waals surface area contributed by atoms with Crippen LogP contribution in [0, 0.1) is 11.5 Å². The molecule has 0 radical (unpaired) electrons. The molecule has 0 aromatic rings. The fourth-order valence-electron chi connectivity index (χ4n) is 0.622. The molecule has 0 rings (SSSR count). The summed E-state index contributed by atoms with van der Waals surface area (Å²) >= 11 is 1.39. The van der Waals surface area contributed by atoms with Crippen molar-refractivity contribution in [2.75, 3.05) is 19.9 Å². The number of likely N-dealkylation sites (N-methyl/N-ethyl adjacent to an activating group) is 1. The third-order valence-electron chi connectivity index (χ3n) is 1.56. The highest BCUT2D eigenvalue weighted by Gasteiger charge is 2.11. The highest BCUT2D eigenvalue weighted by atomic mass is 32.2. The highest BCUT2D eigenvalue weighted by molar-refractivity contribution is 8.13. The summed E-state index contributed by atoms with van der Waals surface area (Å²) < 4.78 is 0. The standard InChI is InChI=1S/C7H13N3OS/c1-6(4-11)10(2)7(12-3)9-5-8/h6,11H,4H2,1-3H3. The van der Waals surface area contributed by atoms with Crippen molar-refractivity contribution >= 4 is 16.9 Å².